The van der Waals surface area contributed by atoms with E-state index in [9.17, 15) is 0 Å². The van der Waals surface area contributed by atoms with E-state index in [1.54, 1.807) is 11.1 Å². The molecule has 1 aliphatic carbocycles. The van der Waals surface area contributed by atoms with Gasteiger partial charge in [-0.1, -0.05) is 6.07 Å². The van der Waals surface area contributed by atoms with Crippen molar-refractivity contribution in [2.45, 2.75) is 63.5 Å². The second-order valence-electron chi connectivity index (χ2n) is 8.21. The number of H-pyrrole nitrogens is 1. The van der Waals surface area contributed by atoms with Crippen LogP contribution in [-0.4, -0.2) is 35.2 Å². The van der Waals surface area contributed by atoms with E-state index >= 15 is 0 Å². The van der Waals surface area contributed by atoms with E-state index in [2.05, 4.69) is 35.1 Å². The van der Waals surface area contributed by atoms with Crippen LogP contribution >= 0.6 is 0 Å². The molecule has 3 heterocycles. The van der Waals surface area contributed by atoms with Gasteiger partial charge in [0.25, 0.3) is 0 Å². The molecule has 3 nitrogen and oxygen atoms in total. The van der Waals surface area contributed by atoms with E-state index in [0.29, 0.717) is 0 Å². The van der Waals surface area contributed by atoms with Crippen molar-refractivity contribution in [3.63, 3.8) is 0 Å². The molecule has 24 heavy (non-hydrogen) atoms. The number of ether oxygens (including phenoxy) is 1. The van der Waals surface area contributed by atoms with Crippen molar-refractivity contribution >= 4 is 10.9 Å². The molecule has 3 aliphatic rings. The Balaban J connectivity index is 1.42. The van der Waals surface area contributed by atoms with Crippen LogP contribution in [0.5, 0.6) is 0 Å². The molecule has 128 valence electrons. The highest BCUT2D eigenvalue weighted by molar-refractivity contribution is 5.87. The molecular weight excluding hydrogens is 296 g/mol. The van der Waals surface area contributed by atoms with Crippen molar-refractivity contribution in [3.05, 3.63) is 35.0 Å². The van der Waals surface area contributed by atoms with Crippen molar-refractivity contribution in [1.82, 2.24) is 9.88 Å². The second-order valence-corrected chi connectivity index (χ2v) is 8.21. The molecule has 3 heteroatoms. The normalized spacial score (nSPS) is 24.2. The van der Waals surface area contributed by atoms with E-state index in [1.165, 1.54) is 68.1 Å². The van der Waals surface area contributed by atoms with Gasteiger partial charge in [0.1, 0.15) is 0 Å². The number of aromatic nitrogens is 1. The van der Waals surface area contributed by atoms with Gasteiger partial charge in [0.15, 0.2) is 0 Å². The molecular formula is C21H28N2O. The number of likely N-dealkylation sites (tertiary alicyclic amines) is 1. The van der Waals surface area contributed by atoms with Gasteiger partial charge in [-0.15, -0.1) is 0 Å². The average Bonchev–Trinajstić information content (AvgIpc) is 3.13. The molecule has 1 aromatic carbocycles. The Morgan fingerprint density at radius 1 is 1.25 bits per heavy atom. The lowest BCUT2D eigenvalue weighted by Gasteiger charge is -2.39. The Bertz CT molecular complexity index is 743. The van der Waals surface area contributed by atoms with Gasteiger partial charge in [-0.3, -0.25) is 4.90 Å². The number of nitrogens with one attached hydrogen (secondary N) is 1. The van der Waals surface area contributed by atoms with Crippen LogP contribution in [0.25, 0.3) is 10.9 Å². The van der Waals surface area contributed by atoms with Crippen molar-refractivity contribution in [1.29, 1.82) is 0 Å². The standard InChI is InChI=1S/C21H28N2O/c1-15-13-18(16-3-4-16)19(17-5-9-22-20(15)17)14-23-10-7-21(8-11-23)6-2-12-24-21/h5,9,13,16,22H,2-4,6-8,10-12,14H2,1H3. The fourth-order valence-corrected chi connectivity index (χ4v) is 4.92. The first-order valence-corrected chi connectivity index (χ1v) is 9.70. The van der Waals surface area contributed by atoms with Crippen LogP contribution < -0.4 is 0 Å². The van der Waals surface area contributed by atoms with Crippen LogP contribution in [0.4, 0.5) is 0 Å². The zero-order valence-electron chi connectivity index (χ0n) is 14.7. The Hall–Kier alpha value is -1.32. The zero-order chi connectivity index (χ0) is 16.1. The summed E-state index contributed by atoms with van der Waals surface area (Å²) in [5.74, 6) is 0.812. The van der Waals surface area contributed by atoms with Crippen molar-refractivity contribution in [2.24, 2.45) is 0 Å². The van der Waals surface area contributed by atoms with Gasteiger partial charge in [-0.25, -0.2) is 0 Å². The Kier molecular flexibility index (Phi) is 3.50. The first-order valence-electron chi connectivity index (χ1n) is 9.70. The summed E-state index contributed by atoms with van der Waals surface area (Å²) in [5, 5.41) is 1.45. The molecule has 0 unspecified atom stereocenters. The van der Waals surface area contributed by atoms with E-state index < -0.39 is 0 Å². The quantitative estimate of drug-likeness (QED) is 0.900. The number of rotatable bonds is 3. The largest absolute Gasteiger partial charge is 0.375 e. The summed E-state index contributed by atoms with van der Waals surface area (Å²) in [4.78, 5) is 6.12. The number of aromatic amines is 1. The highest BCUT2D eigenvalue weighted by Gasteiger charge is 2.38. The molecule has 1 spiro atoms. The first-order chi connectivity index (χ1) is 11.7. The molecule has 1 N–H and O–H groups in total. The fraction of sp³-hybridized carbons (Fsp3) is 0.619. The van der Waals surface area contributed by atoms with Crippen LogP contribution in [0.2, 0.25) is 0 Å². The van der Waals surface area contributed by atoms with Gasteiger partial charge in [0.05, 0.1) is 5.60 Å². The SMILES string of the molecule is Cc1cc(C2CC2)c(CN2CCC3(CCCO3)CC2)c2cc[nH]c12. The molecule has 0 bridgehead atoms. The number of fused-ring (bicyclic) bond motifs is 1. The number of nitrogens with zero attached hydrogens (tertiary/aromatic N) is 1. The van der Waals surface area contributed by atoms with Gasteiger partial charge < -0.3 is 9.72 Å². The van der Waals surface area contributed by atoms with Crippen LogP contribution in [0.3, 0.4) is 0 Å². The topological polar surface area (TPSA) is 28.3 Å². The molecule has 5 rings (SSSR count). The maximum Gasteiger partial charge on any atom is 0.0707 e. The lowest BCUT2D eigenvalue weighted by molar-refractivity contribution is -0.0447. The minimum atomic E-state index is 0.229. The summed E-state index contributed by atoms with van der Waals surface area (Å²) in [5.41, 5.74) is 6.17. The maximum atomic E-state index is 6.09. The average molecular weight is 324 g/mol. The van der Waals surface area contributed by atoms with Crippen LogP contribution in [-0.2, 0) is 11.3 Å². The van der Waals surface area contributed by atoms with Crippen LogP contribution in [0, 0.1) is 6.92 Å². The molecule has 1 saturated carbocycles. The van der Waals surface area contributed by atoms with Crippen molar-refractivity contribution in [3.8, 4) is 0 Å². The first kappa shape index (κ1) is 15.0. The minimum absolute atomic E-state index is 0.229. The molecule has 1 aromatic heterocycles. The van der Waals surface area contributed by atoms with Gasteiger partial charge in [-0.05, 0) is 74.1 Å². The number of hydrogen-bond donors (Lipinski definition) is 1. The fourth-order valence-electron chi connectivity index (χ4n) is 4.92. The monoisotopic (exact) mass is 324 g/mol. The van der Waals surface area contributed by atoms with Gasteiger partial charge in [0.2, 0.25) is 0 Å². The van der Waals surface area contributed by atoms with Crippen molar-refractivity contribution < 1.29 is 4.74 Å². The molecule has 3 fully saturated rings. The van der Waals surface area contributed by atoms with E-state index in [-0.39, 0.29) is 5.60 Å². The Labute approximate surface area is 144 Å². The molecule has 0 amide bonds. The van der Waals surface area contributed by atoms with Gasteiger partial charge in [0, 0.05) is 43.3 Å². The zero-order valence-corrected chi connectivity index (χ0v) is 14.7. The predicted molar refractivity (Wildman–Crippen MR) is 97.4 cm³/mol. The lowest BCUT2D eigenvalue weighted by atomic mass is 9.88. The molecule has 0 atom stereocenters. The molecule has 0 radical (unpaired) electrons. The maximum absolute atomic E-state index is 6.09. The smallest absolute Gasteiger partial charge is 0.0707 e. The summed E-state index contributed by atoms with van der Waals surface area (Å²) >= 11 is 0. The van der Waals surface area contributed by atoms with Crippen molar-refractivity contribution in [2.75, 3.05) is 19.7 Å². The molecule has 2 saturated heterocycles. The summed E-state index contributed by atoms with van der Waals surface area (Å²) in [6.07, 6.45) is 9.82. The third-order valence-electron chi connectivity index (χ3n) is 6.54. The highest BCUT2D eigenvalue weighted by Crippen LogP contribution is 2.45. The lowest BCUT2D eigenvalue weighted by Crippen LogP contribution is -2.43. The summed E-state index contributed by atoms with van der Waals surface area (Å²) in [6, 6.07) is 4.74. The summed E-state index contributed by atoms with van der Waals surface area (Å²) < 4.78 is 6.09. The van der Waals surface area contributed by atoms with Gasteiger partial charge >= 0.3 is 0 Å². The molecule has 2 aliphatic heterocycles. The van der Waals surface area contributed by atoms with Gasteiger partial charge in [-0.2, -0.15) is 0 Å². The number of piperidine rings is 1. The number of hydrogen-bond acceptors (Lipinski definition) is 2. The molecule has 2 aromatic rings. The Morgan fingerprint density at radius 3 is 2.79 bits per heavy atom. The summed E-state index contributed by atoms with van der Waals surface area (Å²) in [7, 11) is 0. The van der Waals surface area contributed by atoms with Crippen LogP contribution in [0.15, 0.2) is 18.3 Å². The number of benzene rings is 1. The third-order valence-corrected chi connectivity index (χ3v) is 6.54. The highest BCUT2D eigenvalue weighted by atomic mass is 16.5. The second kappa shape index (κ2) is 5.60. The Morgan fingerprint density at radius 2 is 2.08 bits per heavy atom. The van der Waals surface area contributed by atoms with E-state index in [4.69, 9.17) is 4.74 Å². The van der Waals surface area contributed by atoms with E-state index in [1.807, 2.05) is 0 Å². The minimum Gasteiger partial charge on any atom is -0.375 e. The van der Waals surface area contributed by atoms with E-state index in [0.717, 1.165) is 19.1 Å². The predicted octanol–water partition coefficient (Wildman–Crippen LogP) is 4.50. The third kappa shape index (κ3) is 2.49. The summed E-state index contributed by atoms with van der Waals surface area (Å²) in [6.45, 7) is 6.70. The number of aryl methyl sites for hydroxylation is 1. The van der Waals surface area contributed by atoms with Crippen LogP contribution in [0.1, 0.15) is 61.1 Å².